The van der Waals surface area contributed by atoms with E-state index in [0.717, 1.165) is 12.8 Å². The summed E-state index contributed by atoms with van der Waals surface area (Å²) >= 11 is 0. The van der Waals surface area contributed by atoms with E-state index in [0.29, 0.717) is 17.9 Å². The maximum absolute atomic E-state index is 12.0. The third-order valence-corrected chi connectivity index (χ3v) is 4.22. The zero-order valence-corrected chi connectivity index (χ0v) is 10.8. The number of aliphatic hydroxyl groups excluding tert-OH is 1. The van der Waals surface area contributed by atoms with E-state index in [9.17, 15) is 8.42 Å². The van der Waals surface area contributed by atoms with Crippen molar-refractivity contribution >= 4 is 15.7 Å². The Kier molecular flexibility index (Phi) is 4.21. The second kappa shape index (κ2) is 5.69. The number of benzene rings is 1. The maximum Gasteiger partial charge on any atom is 0.235 e. The molecular weight excluding hydrogens is 254 g/mol. The molecule has 1 unspecified atom stereocenters. The topological polar surface area (TPSA) is 75.6 Å². The molecule has 0 spiro atoms. The molecule has 1 fully saturated rings. The standard InChI is InChI=1S/C12H17NO4S/c14-8-10-4-1-2-6-12(10)13-18(15,16)9-11-5-3-7-17-11/h1-2,4,6,11,13-14H,3,5,7-9H2. The van der Waals surface area contributed by atoms with Gasteiger partial charge in [-0.15, -0.1) is 0 Å². The Labute approximate surface area is 107 Å². The number of aliphatic hydroxyl groups is 1. The van der Waals surface area contributed by atoms with Gasteiger partial charge in [0.1, 0.15) is 0 Å². The Balaban J connectivity index is 2.06. The third-order valence-electron chi connectivity index (χ3n) is 2.88. The fourth-order valence-electron chi connectivity index (χ4n) is 1.99. The van der Waals surface area contributed by atoms with Crippen molar-refractivity contribution in [2.45, 2.75) is 25.6 Å². The van der Waals surface area contributed by atoms with Gasteiger partial charge in [-0.25, -0.2) is 8.42 Å². The minimum atomic E-state index is -3.44. The molecule has 1 aromatic carbocycles. The molecule has 0 bridgehead atoms. The van der Waals surface area contributed by atoms with Crippen molar-refractivity contribution in [3.8, 4) is 0 Å². The molecule has 1 saturated heterocycles. The van der Waals surface area contributed by atoms with Crippen molar-refractivity contribution in [1.82, 2.24) is 0 Å². The van der Waals surface area contributed by atoms with Crippen LogP contribution in [0.4, 0.5) is 5.69 Å². The Morgan fingerprint density at radius 3 is 2.83 bits per heavy atom. The second-order valence-corrected chi connectivity index (χ2v) is 6.10. The van der Waals surface area contributed by atoms with Gasteiger partial charge in [0.15, 0.2) is 0 Å². The van der Waals surface area contributed by atoms with Gasteiger partial charge in [0.2, 0.25) is 10.0 Å². The van der Waals surface area contributed by atoms with Crippen LogP contribution in [0, 0.1) is 0 Å². The van der Waals surface area contributed by atoms with E-state index in [2.05, 4.69) is 4.72 Å². The quantitative estimate of drug-likeness (QED) is 0.841. The molecule has 1 atom stereocenters. The first-order valence-corrected chi connectivity index (χ1v) is 7.57. The predicted octanol–water partition coefficient (Wildman–Crippen LogP) is 1.10. The molecule has 2 rings (SSSR count). The van der Waals surface area contributed by atoms with Crippen molar-refractivity contribution in [1.29, 1.82) is 0 Å². The molecule has 1 aromatic rings. The van der Waals surface area contributed by atoms with Crippen molar-refractivity contribution in [2.24, 2.45) is 0 Å². The van der Waals surface area contributed by atoms with E-state index in [1.807, 2.05) is 0 Å². The molecule has 0 aliphatic carbocycles. The summed E-state index contributed by atoms with van der Waals surface area (Å²) in [6.45, 7) is 0.437. The van der Waals surface area contributed by atoms with Crippen LogP contribution in [0.25, 0.3) is 0 Å². The highest BCUT2D eigenvalue weighted by Gasteiger charge is 2.23. The van der Waals surface area contributed by atoms with Crippen LogP contribution in [0.2, 0.25) is 0 Å². The Morgan fingerprint density at radius 1 is 1.39 bits per heavy atom. The number of para-hydroxylation sites is 1. The maximum atomic E-state index is 12.0. The summed E-state index contributed by atoms with van der Waals surface area (Å²) < 4.78 is 31.7. The molecule has 6 heteroatoms. The Bertz CT molecular complexity index is 495. The molecular formula is C12H17NO4S. The average Bonchev–Trinajstić information content (AvgIpc) is 2.81. The molecule has 1 heterocycles. The number of nitrogens with one attached hydrogen (secondary N) is 1. The number of anilines is 1. The molecule has 0 radical (unpaired) electrons. The highest BCUT2D eigenvalue weighted by molar-refractivity contribution is 7.92. The lowest BCUT2D eigenvalue weighted by Crippen LogP contribution is -2.26. The fourth-order valence-corrected chi connectivity index (χ4v) is 3.36. The van der Waals surface area contributed by atoms with E-state index >= 15 is 0 Å². The van der Waals surface area contributed by atoms with Crippen LogP contribution in [0.1, 0.15) is 18.4 Å². The van der Waals surface area contributed by atoms with E-state index in [-0.39, 0.29) is 18.5 Å². The normalized spacial score (nSPS) is 19.9. The first kappa shape index (κ1) is 13.3. The minimum Gasteiger partial charge on any atom is -0.392 e. The van der Waals surface area contributed by atoms with Crippen LogP contribution in [0.3, 0.4) is 0 Å². The van der Waals surface area contributed by atoms with Crippen molar-refractivity contribution in [3.63, 3.8) is 0 Å². The highest BCUT2D eigenvalue weighted by atomic mass is 32.2. The number of rotatable bonds is 5. The summed E-state index contributed by atoms with van der Waals surface area (Å²) in [6.07, 6.45) is 1.47. The molecule has 100 valence electrons. The van der Waals surface area contributed by atoms with Crippen LogP contribution in [-0.2, 0) is 21.4 Å². The lowest BCUT2D eigenvalue weighted by atomic mass is 10.2. The average molecular weight is 271 g/mol. The predicted molar refractivity (Wildman–Crippen MR) is 68.7 cm³/mol. The molecule has 2 N–H and O–H groups in total. The van der Waals surface area contributed by atoms with Crippen molar-refractivity contribution in [3.05, 3.63) is 29.8 Å². The molecule has 1 aliphatic heterocycles. The summed E-state index contributed by atoms with van der Waals surface area (Å²) in [6, 6.07) is 6.80. The number of hydrogen-bond acceptors (Lipinski definition) is 4. The Morgan fingerprint density at radius 2 is 2.17 bits per heavy atom. The van der Waals surface area contributed by atoms with E-state index in [4.69, 9.17) is 9.84 Å². The molecule has 5 nitrogen and oxygen atoms in total. The van der Waals surface area contributed by atoms with Gasteiger partial charge in [-0.05, 0) is 18.9 Å². The largest absolute Gasteiger partial charge is 0.392 e. The molecule has 0 amide bonds. The van der Waals surface area contributed by atoms with Gasteiger partial charge in [-0.3, -0.25) is 4.72 Å². The van der Waals surface area contributed by atoms with Crippen LogP contribution in [0.5, 0.6) is 0 Å². The van der Waals surface area contributed by atoms with E-state index in [1.54, 1.807) is 24.3 Å². The number of hydrogen-bond donors (Lipinski definition) is 2. The molecule has 0 aromatic heterocycles. The Hall–Kier alpha value is -1.11. The van der Waals surface area contributed by atoms with E-state index in [1.165, 1.54) is 0 Å². The van der Waals surface area contributed by atoms with Gasteiger partial charge in [0.25, 0.3) is 0 Å². The highest BCUT2D eigenvalue weighted by Crippen LogP contribution is 2.19. The van der Waals surface area contributed by atoms with Crippen LogP contribution < -0.4 is 4.72 Å². The smallest absolute Gasteiger partial charge is 0.235 e. The SMILES string of the molecule is O=S(=O)(CC1CCCO1)Nc1ccccc1CO. The number of ether oxygens (including phenoxy) is 1. The van der Waals surface area contributed by atoms with Crippen LogP contribution in [-0.4, -0.2) is 32.0 Å². The summed E-state index contributed by atoms with van der Waals surface area (Å²) in [5.74, 6) is -0.0350. The van der Waals surface area contributed by atoms with Gasteiger partial charge in [-0.1, -0.05) is 18.2 Å². The second-order valence-electron chi connectivity index (χ2n) is 4.33. The van der Waals surface area contributed by atoms with Crippen molar-refractivity contribution < 1.29 is 18.3 Å². The van der Waals surface area contributed by atoms with Gasteiger partial charge < -0.3 is 9.84 Å². The summed E-state index contributed by atoms with van der Waals surface area (Å²) in [5.41, 5.74) is 0.992. The van der Waals surface area contributed by atoms with Gasteiger partial charge >= 0.3 is 0 Å². The van der Waals surface area contributed by atoms with Gasteiger partial charge in [0.05, 0.1) is 24.2 Å². The van der Waals surface area contributed by atoms with Gasteiger partial charge in [0, 0.05) is 12.2 Å². The zero-order valence-electron chi connectivity index (χ0n) is 10.0. The van der Waals surface area contributed by atoms with E-state index < -0.39 is 10.0 Å². The fraction of sp³-hybridized carbons (Fsp3) is 0.500. The molecule has 18 heavy (non-hydrogen) atoms. The summed E-state index contributed by atoms with van der Waals surface area (Å²) in [7, 11) is -3.44. The summed E-state index contributed by atoms with van der Waals surface area (Å²) in [4.78, 5) is 0. The van der Waals surface area contributed by atoms with Crippen LogP contribution in [0.15, 0.2) is 24.3 Å². The first-order valence-electron chi connectivity index (χ1n) is 5.91. The lowest BCUT2D eigenvalue weighted by Gasteiger charge is -2.14. The molecule has 0 saturated carbocycles. The van der Waals surface area contributed by atoms with Crippen molar-refractivity contribution in [2.75, 3.05) is 17.1 Å². The minimum absolute atomic E-state index is 0.0350. The molecule has 1 aliphatic rings. The lowest BCUT2D eigenvalue weighted by molar-refractivity contribution is 0.127. The number of sulfonamides is 1. The monoisotopic (exact) mass is 271 g/mol. The van der Waals surface area contributed by atoms with Crippen LogP contribution >= 0.6 is 0 Å². The first-order chi connectivity index (χ1) is 8.61. The zero-order chi connectivity index (χ0) is 13.0. The summed E-state index contributed by atoms with van der Waals surface area (Å²) in [5, 5.41) is 9.14. The third kappa shape index (κ3) is 3.44. The van der Waals surface area contributed by atoms with Gasteiger partial charge in [-0.2, -0.15) is 0 Å².